The summed E-state index contributed by atoms with van der Waals surface area (Å²) in [6, 6.07) is 6.93. The number of ether oxygens (including phenoxy) is 1. The first-order chi connectivity index (χ1) is 10.9. The van der Waals surface area contributed by atoms with Crippen molar-refractivity contribution in [2.45, 2.75) is 11.8 Å². The van der Waals surface area contributed by atoms with Gasteiger partial charge in [0.1, 0.15) is 11.6 Å². The first-order valence-corrected chi connectivity index (χ1v) is 7.26. The molecule has 2 rings (SSSR count). The highest BCUT2D eigenvalue weighted by atomic mass is 32.2. The van der Waals surface area contributed by atoms with Crippen molar-refractivity contribution in [3.63, 3.8) is 0 Å². The number of thioether (sulfide) groups is 1. The van der Waals surface area contributed by atoms with Crippen LogP contribution in [0.15, 0.2) is 40.3 Å². The van der Waals surface area contributed by atoms with E-state index in [0.717, 1.165) is 17.8 Å². The Labute approximate surface area is 133 Å². The van der Waals surface area contributed by atoms with E-state index in [2.05, 4.69) is 20.0 Å². The fraction of sp³-hybridized carbons (Fsp3) is 0.154. The lowest BCUT2D eigenvalue weighted by Gasteiger charge is -2.11. The van der Waals surface area contributed by atoms with Crippen LogP contribution in [-0.4, -0.2) is 28.2 Å². The van der Waals surface area contributed by atoms with Crippen molar-refractivity contribution in [3.05, 3.63) is 40.7 Å². The van der Waals surface area contributed by atoms with Crippen LogP contribution in [0.1, 0.15) is 0 Å². The summed E-state index contributed by atoms with van der Waals surface area (Å²) in [5.41, 5.74) is 5.11. The van der Waals surface area contributed by atoms with Crippen molar-refractivity contribution in [3.8, 4) is 5.75 Å². The van der Waals surface area contributed by atoms with Gasteiger partial charge in [-0.15, -0.1) is 0 Å². The van der Waals surface area contributed by atoms with Crippen LogP contribution in [0.25, 0.3) is 0 Å². The molecule has 0 saturated carbocycles. The molecule has 7 nitrogen and oxygen atoms in total. The number of rotatable bonds is 6. The molecule has 1 amide bonds. The number of alkyl halides is 2. The van der Waals surface area contributed by atoms with Gasteiger partial charge in [-0.3, -0.25) is 9.59 Å². The monoisotopic (exact) mass is 342 g/mol. The fourth-order valence-electron chi connectivity index (χ4n) is 1.61. The van der Waals surface area contributed by atoms with Crippen LogP contribution in [0, 0.1) is 0 Å². The van der Waals surface area contributed by atoms with Gasteiger partial charge in [0.05, 0.1) is 11.4 Å². The van der Waals surface area contributed by atoms with E-state index < -0.39 is 18.1 Å². The average Bonchev–Trinajstić information content (AvgIpc) is 2.46. The Bertz CT molecular complexity index is 754. The van der Waals surface area contributed by atoms with Crippen LogP contribution in [0.4, 0.5) is 20.3 Å². The number of nitrogens with two attached hydrogens (primary N) is 1. The second-order valence-electron chi connectivity index (χ2n) is 4.19. The van der Waals surface area contributed by atoms with Crippen LogP contribution in [0.2, 0.25) is 0 Å². The van der Waals surface area contributed by atoms with Gasteiger partial charge in [-0.1, -0.05) is 23.9 Å². The first-order valence-electron chi connectivity index (χ1n) is 6.27. The second-order valence-corrected chi connectivity index (χ2v) is 5.15. The van der Waals surface area contributed by atoms with Crippen molar-refractivity contribution < 1.29 is 18.3 Å². The van der Waals surface area contributed by atoms with E-state index in [1.165, 1.54) is 18.2 Å². The first kappa shape index (κ1) is 16.7. The van der Waals surface area contributed by atoms with Crippen LogP contribution < -0.4 is 21.3 Å². The summed E-state index contributed by atoms with van der Waals surface area (Å²) in [6.45, 7) is -3.00. The minimum atomic E-state index is -3.00. The van der Waals surface area contributed by atoms with E-state index in [4.69, 9.17) is 5.73 Å². The summed E-state index contributed by atoms with van der Waals surface area (Å²) in [5, 5.41) is 2.63. The maximum absolute atomic E-state index is 12.3. The summed E-state index contributed by atoms with van der Waals surface area (Å²) < 4.78 is 28.9. The molecule has 0 aliphatic heterocycles. The largest absolute Gasteiger partial charge is 0.433 e. The highest BCUT2D eigenvalue weighted by molar-refractivity contribution is 7.99. The molecule has 0 aliphatic rings. The summed E-state index contributed by atoms with van der Waals surface area (Å²) in [7, 11) is 0. The number of carbonyl (C=O) groups excluding carboxylic acids is 1. The summed E-state index contributed by atoms with van der Waals surface area (Å²) in [6.07, 6.45) is 0. The number of nitrogen functional groups attached to an aromatic ring is 1. The summed E-state index contributed by atoms with van der Waals surface area (Å²) in [4.78, 5) is 29.4. The molecule has 1 heterocycles. The number of para-hydroxylation sites is 2. The number of nitrogens with zero attached hydrogens (tertiary/aromatic N) is 1. The number of hydrogen-bond donors (Lipinski definition) is 3. The maximum Gasteiger partial charge on any atom is 0.387 e. The number of anilines is 2. The van der Waals surface area contributed by atoms with Crippen LogP contribution in [0.5, 0.6) is 5.75 Å². The molecule has 0 fully saturated rings. The van der Waals surface area contributed by atoms with Crippen LogP contribution in [-0.2, 0) is 4.79 Å². The number of hydrogen-bond acceptors (Lipinski definition) is 6. The number of nitrogens with one attached hydrogen (secondary N) is 2. The zero-order valence-electron chi connectivity index (χ0n) is 11.6. The van der Waals surface area contributed by atoms with Gasteiger partial charge in [0.25, 0.3) is 5.56 Å². The lowest BCUT2D eigenvalue weighted by atomic mass is 10.3. The number of H-pyrrole nitrogens is 1. The maximum atomic E-state index is 12.3. The predicted molar refractivity (Wildman–Crippen MR) is 81.7 cm³/mol. The normalized spacial score (nSPS) is 10.6. The molecule has 1 aromatic carbocycles. The smallest absolute Gasteiger partial charge is 0.387 e. The van der Waals surface area contributed by atoms with Gasteiger partial charge in [0.2, 0.25) is 5.91 Å². The zero-order chi connectivity index (χ0) is 16.8. The van der Waals surface area contributed by atoms with E-state index in [1.807, 2.05) is 0 Å². The van der Waals surface area contributed by atoms with Gasteiger partial charge in [0.15, 0.2) is 5.16 Å². The Morgan fingerprint density at radius 1 is 1.43 bits per heavy atom. The topological polar surface area (TPSA) is 110 Å². The van der Waals surface area contributed by atoms with E-state index in [9.17, 15) is 18.4 Å². The molecule has 0 spiro atoms. The molecule has 0 aliphatic carbocycles. The average molecular weight is 342 g/mol. The molecule has 122 valence electrons. The van der Waals surface area contributed by atoms with Gasteiger partial charge >= 0.3 is 6.61 Å². The van der Waals surface area contributed by atoms with Crippen molar-refractivity contribution in [2.24, 2.45) is 0 Å². The number of aromatic nitrogens is 2. The third-order valence-electron chi connectivity index (χ3n) is 2.46. The SMILES string of the molecule is Nc1cc(=O)[nH]c(SCC(=O)Nc2ccccc2OC(F)F)n1. The fourth-order valence-corrected chi connectivity index (χ4v) is 2.29. The highest BCUT2D eigenvalue weighted by Gasteiger charge is 2.12. The third kappa shape index (κ3) is 5.25. The number of amides is 1. The number of carbonyl (C=O) groups is 1. The van der Waals surface area contributed by atoms with E-state index in [0.29, 0.717) is 0 Å². The molecule has 0 atom stereocenters. The van der Waals surface area contributed by atoms with E-state index in [-0.39, 0.29) is 28.2 Å². The molecular formula is C13H12F2N4O3S. The lowest BCUT2D eigenvalue weighted by molar-refractivity contribution is -0.113. The van der Waals surface area contributed by atoms with Crippen molar-refractivity contribution >= 4 is 29.2 Å². The Kier molecular flexibility index (Phi) is 5.52. The molecule has 0 radical (unpaired) electrons. The van der Waals surface area contributed by atoms with Gasteiger partial charge < -0.3 is 20.8 Å². The molecule has 2 aromatic rings. The molecule has 23 heavy (non-hydrogen) atoms. The van der Waals surface area contributed by atoms with E-state index >= 15 is 0 Å². The lowest BCUT2D eigenvalue weighted by Crippen LogP contribution is -2.16. The van der Waals surface area contributed by atoms with Crippen molar-refractivity contribution in [2.75, 3.05) is 16.8 Å². The zero-order valence-corrected chi connectivity index (χ0v) is 12.4. The summed E-state index contributed by atoms with van der Waals surface area (Å²) in [5.74, 6) is -0.691. The molecule has 4 N–H and O–H groups in total. The number of halogens is 2. The highest BCUT2D eigenvalue weighted by Crippen LogP contribution is 2.25. The molecule has 0 unspecified atom stereocenters. The predicted octanol–water partition coefficient (Wildman–Crippen LogP) is 1.68. The Morgan fingerprint density at radius 3 is 2.87 bits per heavy atom. The Morgan fingerprint density at radius 2 is 2.17 bits per heavy atom. The minimum Gasteiger partial charge on any atom is -0.433 e. The standard InChI is InChI=1S/C13H12F2N4O3S/c14-12(15)22-8-4-2-1-3-7(8)17-11(21)6-23-13-18-9(16)5-10(20)19-13/h1-5,12H,6H2,(H,17,21)(H3,16,18,19,20). The number of benzene rings is 1. The quantitative estimate of drug-likeness (QED) is 0.544. The Balaban J connectivity index is 1.98. The van der Waals surface area contributed by atoms with Crippen LogP contribution >= 0.6 is 11.8 Å². The molecule has 0 saturated heterocycles. The van der Waals surface area contributed by atoms with Crippen LogP contribution in [0.3, 0.4) is 0 Å². The van der Waals surface area contributed by atoms with E-state index in [1.54, 1.807) is 6.07 Å². The van der Waals surface area contributed by atoms with Gasteiger partial charge in [-0.25, -0.2) is 4.98 Å². The third-order valence-corrected chi connectivity index (χ3v) is 3.33. The Hall–Kier alpha value is -2.62. The second kappa shape index (κ2) is 7.58. The van der Waals surface area contributed by atoms with Gasteiger partial charge in [-0.05, 0) is 12.1 Å². The number of aromatic amines is 1. The van der Waals surface area contributed by atoms with Crippen molar-refractivity contribution in [1.82, 2.24) is 9.97 Å². The molecular weight excluding hydrogens is 330 g/mol. The van der Waals surface area contributed by atoms with Gasteiger partial charge in [0, 0.05) is 6.07 Å². The summed E-state index contributed by atoms with van der Waals surface area (Å²) >= 11 is 0.948. The van der Waals surface area contributed by atoms with Crippen molar-refractivity contribution in [1.29, 1.82) is 0 Å². The molecule has 10 heteroatoms. The minimum absolute atomic E-state index is 0.0346. The van der Waals surface area contributed by atoms with Gasteiger partial charge in [-0.2, -0.15) is 8.78 Å². The molecule has 1 aromatic heterocycles. The molecule has 0 bridgehead atoms.